The Morgan fingerprint density at radius 2 is 1.67 bits per heavy atom. The van der Waals surface area contributed by atoms with Gasteiger partial charge in [-0.3, -0.25) is 24.0 Å². The summed E-state index contributed by atoms with van der Waals surface area (Å²) in [6, 6.07) is 3.71. The number of carboxylic acid groups (broad SMARTS) is 1. The van der Waals surface area contributed by atoms with Crippen LogP contribution in [0.5, 0.6) is 11.5 Å². The maximum absolute atomic E-state index is 14.0. The average Bonchev–Trinajstić information content (AvgIpc) is 2.89. The lowest BCUT2D eigenvalue weighted by atomic mass is 10.1. The highest BCUT2D eigenvalue weighted by Gasteiger charge is 2.28. The van der Waals surface area contributed by atoms with Crippen molar-refractivity contribution in [2.24, 2.45) is 0 Å². The molecule has 0 heterocycles. The van der Waals surface area contributed by atoms with Crippen LogP contribution in [0.25, 0.3) is 0 Å². The highest BCUT2D eigenvalue weighted by Crippen LogP contribution is 2.27. The third kappa shape index (κ3) is 8.45. The first-order valence-corrected chi connectivity index (χ1v) is 11.4. The summed E-state index contributed by atoms with van der Waals surface area (Å²) >= 11 is 0. The van der Waals surface area contributed by atoms with E-state index in [0.29, 0.717) is 6.07 Å². The molecule has 11 nitrogen and oxygen atoms in total. The lowest BCUT2D eigenvalue weighted by Crippen LogP contribution is -2.52. The number of benzene rings is 2. The molecule has 0 fully saturated rings. The fourth-order valence-electron chi connectivity index (χ4n) is 3.21. The Morgan fingerprint density at radius 1 is 1.00 bits per heavy atom. The summed E-state index contributed by atoms with van der Waals surface area (Å²) in [4.78, 5) is 60.8. The van der Waals surface area contributed by atoms with Crippen molar-refractivity contribution in [3.05, 3.63) is 53.3 Å². The molecule has 0 aromatic heterocycles. The number of para-hydroxylation sites is 2. The summed E-state index contributed by atoms with van der Waals surface area (Å²) < 4.78 is 51.3. The zero-order valence-corrected chi connectivity index (χ0v) is 21.1. The molecule has 2 aromatic carbocycles. The van der Waals surface area contributed by atoms with Crippen LogP contribution >= 0.6 is 0 Å². The van der Waals surface area contributed by atoms with Crippen molar-refractivity contribution in [2.75, 3.05) is 19.0 Å². The number of ether oxygens (including phenoxy) is 2. The van der Waals surface area contributed by atoms with Gasteiger partial charge in [-0.05, 0) is 32.4 Å². The lowest BCUT2D eigenvalue weighted by molar-refractivity contribution is -0.139. The highest BCUT2D eigenvalue weighted by molar-refractivity contribution is 6.40. The zero-order chi connectivity index (χ0) is 29.3. The Morgan fingerprint density at radius 3 is 2.31 bits per heavy atom. The normalized spacial score (nSPS) is 12.1. The van der Waals surface area contributed by atoms with Gasteiger partial charge in [0.2, 0.25) is 11.7 Å². The van der Waals surface area contributed by atoms with Crippen LogP contribution in [0.4, 0.5) is 18.9 Å². The number of aliphatic carboxylic acids is 1. The molecule has 2 rings (SSSR count). The van der Waals surface area contributed by atoms with E-state index in [1.165, 1.54) is 20.1 Å². The molecule has 3 amide bonds. The van der Waals surface area contributed by atoms with Gasteiger partial charge >= 0.3 is 17.8 Å². The van der Waals surface area contributed by atoms with E-state index in [1.807, 2.05) is 0 Å². The van der Waals surface area contributed by atoms with E-state index in [1.54, 1.807) is 18.2 Å². The van der Waals surface area contributed by atoms with E-state index >= 15 is 0 Å². The van der Waals surface area contributed by atoms with Crippen molar-refractivity contribution < 1.29 is 51.7 Å². The van der Waals surface area contributed by atoms with Gasteiger partial charge in [-0.1, -0.05) is 12.1 Å². The topological polar surface area (TPSA) is 160 Å². The van der Waals surface area contributed by atoms with Crippen LogP contribution in [0.3, 0.4) is 0 Å². The first-order chi connectivity index (χ1) is 18.3. The van der Waals surface area contributed by atoms with E-state index < -0.39 is 89.8 Å². The quantitative estimate of drug-likeness (QED) is 0.229. The van der Waals surface area contributed by atoms with Gasteiger partial charge in [0.1, 0.15) is 24.2 Å². The molecule has 0 spiro atoms. The molecule has 0 radical (unpaired) electrons. The molecule has 14 heteroatoms. The van der Waals surface area contributed by atoms with Crippen LogP contribution in [0.15, 0.2) is 30.3 Å². The van der Waals surface area contributed by atoms with Crippen molar-refractivity contribution in [3.8, 4) is 11.5 Å². The van der Waals surface area contributed by atoms with Crippen LogP contribution in [0, 0.1) is 24.4 Å². The fraction of sp³-hybridized carbons (Fsp3) is 0.320. The van der Waals surface area contributed by atoms with Crippen molar-refractivity contribution in [3.63, 3.8) is 0 Å². The van der Waals surface area contributed by atoms with Crippen LogP contribution in [0.1, 0.15) is 25.3 Å². The molecule has 0 saturated heterocycles. The molecular weight excluding hydrogens is 527 g/mol. The highest BCUT2D eigenvalue weighted by atomic mass is 19.2. The zero-order valence-electron chi connectivity index (χ0n) is 21.1. The van der Waals surface area contributed by atoms with E-state index in [-0.39, 0.29) is 11.4 Å². The molecular formula is C25H26F3N3O8. The minimum absolute atomic E-state index is 0.196. The third-order valence-corrected chi connectivity index (χ3v) is 5.37. The summed E-state index contributed by atoms with van der Waals surface area (Å²) in [5.41, 5.74) is -0.211. The lowest BCUT2D eigenvalue weighted by Gasteiger charge is -2.21. The number of hydrogen-bond donors (Lipinski definition) is 4. The molecule has 0 aliphatic rings. The van der Waals surface area contributed by atoms with Gasteiger partial charge in [0.05, 0.1) is 18.8 Å². The summed E-state index contributed by atoms with van der Waals surface area (Å²) in [7, 11) is 1.36. The van der Waals surface area contributed by atoms with Crippen LogP contribution in [-0.4, -0.2) is 60.4 Å². The molecule has 4 N–H and O–H groups in total. The molecule has 0 aliphatic heterocycles. The number of carbonyl (C=O) groups excluding carboxylic acids is 4. The summed E-state index contributed by atoms with van der Waals surface area (Å²) in [5.74, 6) is -10.3. The Labute approximate surface area is 220 Å². The maximum Gasteiger partial charge on any atom is 0.313 e. The molecule has 0 unspecified atom stereocenters. The number of anilines is 1. The second kappa shape index (κ2) is 13.8. The summed E-state index contributed by atoms with van der Waals surface area (Å²) in [6.07, 6.45) is -0.988. The van der Waals surface area contributed by atoms with E-state index in [9.17, 15) is 37.1 Å². The number of carboxylic acids is 1. The third-order valence-electron chi connectivity index (χ3n) is 5.37. The van der Waals surface area contributed by atoms with Crippen LogP contribution in [-0.2, 0) is 24.0 Å². The number of nitrogens with one attached hydrogen (secondary N) is 3. The molecule has 2 atom stereocenters. The molecule has 210 valence electrons. The van der Waals surface area contributed by atoms with Gasteiger partial charge in [-0.2, -0.15) is 4.39 Å². The smallest absolute Gasteiger partial charge is 0.313 e. The Bertz CT molecular complexity index is 1250. The van der Waals surface area contributed by atoms with Gasteiger partial charge in [-0.25, -0.2) is 8.78 Å². The number of rotatable bonds is 12. The molecule has 0 bridgehead atoms. The molecule has 2 aromatic rings. The number of ketones is 1. The minimum Gasteiger partial charge on any atom is -0.495 e. The molecule has 0 saturated carbocycles. The second-order valence-corrected chi connectivity index (χ2v) is 8.21. The maximum atomic E-state index is 14.0. The van der Waals surface area contributed by atoms with Crippen molar-refractivity contribution >= 4 is 35.2 Å². The van der Waals surface area contributed by atoms with E-state index in [0.717, 1.165) is 6.92 Å². The van der Waals surface area contributed by atoms with Gasteiger partial charge in [0.25, 0.3) is 0 Å². The predicted molar refractivity (Wildman–Crippen MR) is 130 cm³/mol. The number of carbonyl (C=O) groups is 5. The van der Waals surface area contributed by atoms with Crippen molar-refractivity contribution in [1.29, 1.82) is 0 Å². The average molecular weight is 553 g/mol. The van der Waals surface area contributed by atoms with Crippen molar-refractivity contribution in [2.45, 2.75) is 38.8 Å². The number of hydrogen-bond acceptors (Lipinski definition) is 7. The van der Waals surface area contributed by atoms with Crippen molar-refractivity contribution in [1.82, 2.24) is 10.6 Å². The van der Waals surface area contributed by atoms with Gasteiger partial charge < -0.3 is 30.5 Å². The summed E-state index contributed by atoms with van der Waals surface area (Å²) in [6.45, 7) is 1.33. The summed E-state index contributed by atoms with van der Waals surface area (Å²) in [5, 5.41) is 15.7. The Balaban J connectivity index is 2.05. The largest absolute Gasteiger partial charge is 0.495 e. The second-order valence-electron chi connectivity index (χ2n) is 8.21. The van der Waals surface area contributed by atoms with E-state index in [2.05, 4.69) is 16.0 Å². The van der Waals surface area contributed by atoms with E-state index in [4.69, 9.17) is 14.6 Å². The SMILES string of the molecule is COc1ccccc1NC(=O)C(=O)N[C@@H](C)C(=O)N[C@@H](CCC(=O)O)C(=O)COc1c(C)c(F)cc(F)c1F. The minimum atomic E-state index is -1.55. The number of halogens is 3. The monoisotopic (exact) mass is 553 g/mol. The molecule has 0 aliphatic carbocycles. The molecule has 39 heavy (non-hydrogen) atoms. The van der Waals surface area contributed by atoms with Crippen LogP contribution in [0.2, 0.25) is 0 Å². The number of amides is 3. The van der Waals surface area contributed by atoms with Gasteiger partial charge in [0.15, 0.2) is 17.3 Å². The first kappa shape index (κ1) is 30.6. The standard InChI is InChI=1S/C25H26F3N3O8/c1-12-14(26)10-15(27)21(28)22(12)39-11-18(32)16(8-9-20(33)34)30-23(35)13(2)29-24(36)25(37)31-17-6-4-5-7-19(17)38-3/h4-7,10,13,16H,8-9,11H2,1-3H3,(H,29,36)(H,30,35)(H,31,37)(H,33,34)/t13-,16-/m0/s1. The van der Waals surface area contributed by atoms with Gasteiger partial charge in [0, 0.05) is 18.1 Å². The first-order valence-electron chi connectivity index (χ1n) is 11.4. The fourth-order valence-corrected chi connectivity index (χ4v) is 3.21. The number of Topliss-reactive ketones (excluding diaryl/α,β-unsaturated/α-hetero) is 1. The number of methoxy groups -OCH3 is 1. The van der Waals surface area contributed by atoms with Gasteiger partial charge in [-0.15, -0.1) is 0 Å². The Hall–Kier alpha value is -4.62. The Kier molecular flexibility index (Phi) is 10.8. The van der Waals surface area contributed by atoms with Crippen LogP contribution < -0.4 is 25.4 Å². The predicted octanol–water partition coefficient (Wildman–Crippen LogP) is 1.86.